The van der Waals surface area contributed by atoms with Gasteiger partial charge in [0, 0.05) is 44.3 Å². The molecule has 6 nitrogen and oxygen atoms in total. The maximum atomic E-state index is 12.8. The summed E-state index contributed by atoms with van der Waals surface area (Å²) in [6.07, 6.45) is 2.01. The van der Waals surface area contributed by atoms with E-state index in [1.165, 1.54) is 17.1 Å². The maximum Gasteiger partial charge on any atom is 0.243 e. The Balaban J connectivity index is 1.62. The van der Waals surface area contributed by atoms with Crippen molar-refractivity contribution in [3.05, 3.63) is 39.9 Å². The second-order valence-electron chi connectivity index (χ2n) is 6.07. The molecular formula is C16H21ClN4O2S2. The van der Waals surface area contributed by atoms with Crippen LogP contribution in [0, 0.1) is 0 Å². The van der Waals surface area contributed by atoms with Gasteiger partial charge in [-0.05, 0) is 24.1 Å². The largest absolute Gasteiger partial charge is 0.295 e. The molecule has 1 saturated heterocycles. The van der Waals surface area contributed by atoms with Crippen molar-refractivity contribution in [2.45, 2.75) is 31.2 Å². The van der Waals surface area contributed by atoms with Crippen LogP contribution in [0.5, 0.6) is 0 Å². The fraction of sp³-hybridized carbons (Fsp3) is 0.500. The molecule has 0 N–H and O–H groups in total. The van der Waals surface area contributed by atoms with Gasteiger partial charge in [-0.15, -0.1) is 5.10 Å². The number of sulfonamides is 1. The van der Waals surface area contributed by atoms with Gasteiger partial charge in [0.25, 0.3) is 0 Å². The third-order valence-corrected chi connectivity index (χ3v) is 7.21. The Kier molecular flexibility index (Phi) is 6.06. The van der Waals surface area contributed by atoms with Crippen LogP contribution in [0.4, 0.5) is 0 Å². The lowest BCUT2D eigenvalue weighted by molar-refractivity contribution is 0.180. The number of piperazine rings is 1. The molecule has 2 heterocycles. The number of benzene rings is 1. The van der Waals surface area contributed by atoms with Gasteiger partial charge in [-0.3, -0.25) is 4.90 Å². The van der Waals surface area contributed by atoms with Crippen LogP contribution < -0.4 is 0 Å². The molecule has 1 fully saturated rings. The molecule has 0 aliphatic carbocycles. The lowest BCUT2D eigenvalue weighted by Crippen LogP contribution is -2.48. The molecule has 0 saturated carbocycles. The quantitative estimate of drug-likeness (QED) is 0.745. The van der Waals surface area contributed by atoms with Crippen LogP contribution in [0.1, 0.15) is 24.6 Å². The van der Waals surface area contributed by atoms with Gasteiger partial charge in [0.1, 0.15) is 10.0 Å². The Morgan fingerprint density at radius 1 is 1.16 bits per heavy atom. The summed E-state index contributed by atoms with van der Waals surface area (Å²) in [5.41, 5.74) is 1.93. The highest BCUT2D eigenvalue weighted by molar-refractivity contribution is 7.89. The van der Waals surface area contributed by atoms with Gasteiger partial charge in [0.05, 0.1) is 4.90 Å². The molecule has 0 radical (unpaired) electrons. The molecule has 9 heteroatoms. The highest BCUT2D eigenvalue weighted by Gasteiger charge is 2.28. The van der Waals surface area contributed by atoms with Crippen LogP contribution in [0.3, 0.4) is 0 Å². The molecule has 0 amide bonds. The Bertz CT molecular complexity index is 800. The zero-order chi connectivity index (χ0) is 17.9. The van der Waals surface area contributed by atoms with E-state index in [0.29, 0.717) is 42.0 Å². The van der Waals surface area contributed by atoms with E-state index < -0.39 is 10.0 Å². The van der Waals surface area contributed by atoms with Gasteiger partial charge >= 0.3 is 0 Å². The number of rotatable bonds is 6. The standard InChI is InChI=1S/C16H21ClN4O2S2/c1-2-3-13-4-6-14(7-5-13)25(22,23)21-10-8-20(9-11-21)12-15-16(17)24-19-18-15/h4-7H,2-3,8-12H2,1H3. The van der Waals surface area contributed by atoms with Gasteiger partial charge in [0.15, 0.2) is 0 Å². The monoisotopic (exact) mass is 400 g/mol. The zero-order valence-electron chi connectivity index (χ0n) is 14.1. The zero-order valence-corrected chi connectivity index (χ0v) is 16.4. The minimum absolute atomic E-state index is 0.368. The molecule has 0 unspecified atom stereocenters. The van der Waals surface area contributed by atoms with Crippen LogP contribution in [0.25, 0.3) is 0 Å². The van der Waals surface area contributed by atoms with Crippen LogP contribution in [-0.4, -0.2) is 53.4 Å². The molecule has 136 valence electrons. The Labute approximate surface area is 157 Å². The SMILES string of the molecule is CCCc1ccc(S(=O)(=O)N2CCN(Cc3nnsc3Cl)CC2)cc1. The average molecular weight is 401 g/mol. The summed E-state index contributed by atoms with van der Waals surface area (Å²) >= 11 is 7.21. The summed E-state index contributed by atoms with van der Waals surface area (Å²) in [5.74, 6) is 0. The number of hydrogen-bond donors (Lipinski definition) is 0. The average Bonchev–Trinajstić information content (AvgIpc) is 3.01. The summed E-state index contributed by atoms with van der Waals surface area (Å²) in [7, 11) is -3.43. The van der Waals surface area contributed by atoms with Crippen molar-refractivity contribution >= 4 is 33.2 Å². The highest BCUT2D eigenvalue weighted by atomic mass is 35.5. The second-order valence-corrected chi connectivity index (χ2v) is 9.36. The van der Waals surface area contributed by atoms with E-state index in [4.69, 9.17) is 11.6 Å². The van der Waals surface area contributed by atoms with Crippen molar-refractivity contribution in [2.24, 2.45) is 0 Å². The lowest BCUT2D eigenvalue weighted by Gasteiger charge is -2.33. The van der Waals surface area contributed by atoms with E-state index in [1.807, 2.05) is 12.1 Å². The van der Waals surface area contributed by atoms with E-state index in [-0.39, 0.29) is 0 Å². The molecule has 3 rings (SSSR count). The summed E-state index contributed by atoms with van der Waals surface area (Å²) in [4.78, 5) is 2.52. The van der Waals surface area contributed by atoms with E-state index in [0.717, 1.165) is 18.5 Å². The van der Waals surface area contributed by atoms with Gasteiger partial charge in [-0.1, -0.05) is 41.6 Å². The highest BCUT2D eigenvalue weighted by Crippen LogP contribution is 2.22. The first-order valence-corrected chi connectivity index (χ1v) is 10.9. The molecule has 0 spiro atoms. The Morgan fingerprint density at radius 3 is 2.40 bits per heavy atom. The molecule has 25 heavy (non-hydrogen) atoms. The molecule has 1 aromatic heterocycles. The topological polar surface area (TPSA) is 66.4 Å². The number of hydrogen-bond acceptors (Lipinski definition) is 6. The van der Waals surface area contributed by atoms with E-state index in [2.05, 4.69) is 21.4 Å². The van der Waals surface area contributed by atoms with E-state index >= 15 is 0 Å². The third-order valence-electron chi connectivity index (χ3n) is 4.31. The maximum absolute atomic E-state index is 12.8. The van der Waals surface area contributed by atoms with Crippen molar-refractivity contribution < 1.29 is 8.42 Å². The first-order chi connectivity index (χ1) is 12.0. The second kappa shape index (κ2) is 8.09. The normalized spacial score (nSPS) is 17.0. The van der Waals surface area contributed by atoms with Gasteiger partial charge < -0.3 is 0 Å². The third kappa shape index (κ3) is 4.38. The van der Waals surface area contributed by atoms with Crippen molar-refractivity contribution in [1.82, 2.24) is 18.8 Å². The smallest absolute Gasteiger partial charge is 0.243 e. The van der Waals surface area contributed by atoms with E-state index in [1.54, 1.807) is 16.4 Å². The van der Waals surface area contributed by atoms with Crippen LogP contribution in [0.2, 0.25) is 4.34 Å². The summed E-state index contributed by atoms with van der Waals surface area (Å²) < 4.78 is 31.6. The molecule has 1 aliphatic heterocycles. The van der Waals surface area contributed by atoms with Crippen LogP contribution in [-0.2, 0) is 23.0 Å². The van der Waals surface area contributed by atoms with Gasteiger partial charge in [-0.2, -0.15) is 4.31 Å². The molecule has 1 aromatic carbocycles. The summed E-state index contributed by atoms with van der Waals surface area (Å²) in [6, 6.07) is 7.24. The summed E-state index contributed by atoms with van der Waals surface area (Å²) in [6.45, 7) is 4.96. The first kappa shape index (κ1) is 18.7. The molecule has 0 bridgehead atoms. The number of aryl methyl sites for hydroxylation is 1. The van der Waals surface area contributed by atoms with Crippen molar-refractivity contribution in [1.29, 1.82) is 0 Å². The first-order valence-electron chi connectivity index (χ1n) is 8.29. The van der Waals surface area contributed by atoms with Crippen LogP contribution >= 0.6 is 23.1 Å². The van der Waals surface area contributed by atoms with Gasteiger partial charge in [0.2, 0.25) is 10.0 Å². The number of halogens is 1. The molecule has 2 aromatic rings. The Hall–Kier alpha value is -1.06. The summed E-state index contributed by atoms with van der Waals surface area (Å²) in [5, 5.41) is 4.01. The fourth-order valence-electron chi connectivity index (χ4n) is 2.90. The van der Waals surface area contributed by atoms with Crippen molar-refractivity contribution in [3.8, 4) is 0 Å². The lowest BCUT2D eigenvalue weighted by atomic mass is 10.1. The number of aromatic nitrogens is 2. The molecule has 1 aliphatic rings. The van der Waals surface area contributed by atoms with E-state index in [9.17, 15) is 8.42 Å². The minimum atomic E-state index is -3.43. The van der Waals surface area contributed by atoms with Gasteiger partial charge in [-0.25, -0.2) is 8.42 Å². The number of nitrogens with zero attached hydrogens (tertiary/aromatic N) is 4. The fourth-order valence-corrected chi connectivity index (χ4v) is 4.93. The predicted octanol–water partition coefficient (Wildman–Crippen LogP) is 2.65. The van der Waals surface area contributed by atoms with Crippen molar-refractivity contribution in [3.63, 3.8) is 0 Å². The Morgan fingerprint density at radius 2 is 1.84 bits per heavy atom. The molecule has 0 atom stereocenters. The predicted molar refractivity (Wildman–Crippen MR) is 99.4 cm³/mol. The minimum Gasteiger partial charge on any atom is -0.295 e. The molecular weight excluding hydrogens is 380 g/mol. The van der Waals surface area contributed by atoms with Crippen molar-refractivity contribution in [2.75, 3.05) is 26.2 Å². The van der Waals surface area contributed by atoms with Crippen LogP contribution in [0.15, 0.2) is 29.2 Å².